The molecule has 2 aromatic heterocycles. The van der Waals surface area contributed by atoms with Crippen LogP contribution in [0, 0.1) is 0 Å². The fourth-order valence-corrected chi connectivity index (χ4v) is 3.49. The molecule has 1 aliphatic heterocycles. The molecular weight excluding hydrogens is 322 g/mol. The van der Waals surface area contributed by atoms with Crippen molar-refractivity contribution in [3.63, 3.8) is 0 Å². The zero-order valence-corrected chi connectivity index (χ0v) is 14.9. The third-order valence-corrected chi connectivity index (χ3v) is 5.26. The summed E-state index contributed by atoms with van der Waals surface area (Å²) < 4.78 is 0. The summed E-state index contributed by atoms with van der Waals surface area (Å²) in [4.78, 5) is 25.1. The number of urea groups is 1. The maximum absolute atomic E-state index is 12.3. The van der Waals surface area contributed by atoms with Crippen LogP contribution in [-0.2, 0) is 6.54 Å². The Kier molecular flexibility index (Phi) is 5.30. The molecular formula is C17H23N5OS. The maximum atomic E-state index is 12.3. The Bertz CT molecular complexity index is 665. The standard InChI is InChI=1S/C17H23N5OS/c1-13(2)16-20-14(12-24-16)10-19-17(23)22-8-6-21(7-9-22)15-4-3-5-18-11-15/h3-5,11-13H,6-10H2,1-2H3,(H,19,23). The lowest BCUT2D eigenvalue weighted by Crippen LogP contribution is -2.51. The number of thiazole rings is 1. The van der Waals surface area contributed by atoms with Crippen LogP contribution in [0.25, 0.3) is 0 Å². The van der Waals surface area contributed by atoms with Crippen molar-refractivity contribution in [2.24, 2.45) is 0 Å². The zero-order valence-electron chi connectivity index (χ0n) is 14.1. The van der Waals surface area contributed by atoms with Crippen molar-refractivity contribution in [2.75, 3.05) is 31.1 Å². The van der Waals surface area contributed by atoms with Gasteiger partial charge >= 0.3 is 6.03 Å². The molecule has 0 atom stereocenters. The Morgan fingerprint density at radius 3 is 2.75 bits per heavy atom. The first-order chi connectivity index (χ1) is 11.6. The minimum atomic E-state index is -0.0140. The highest BCUT2D eigenvalue weighted by atomic mass is 32.1. The molecule has 1 fully saturated rings. The van der Waals surface area contributed by atoms with Gasteiger partial charge in [0.25, 0.3) is 0 Å². The third kappa shape index (κ3) is 4.03. The Hall–Kier alpha value is -2.15. The van der Waals surface area contributed by atoms with E-state index < -0.39 is 0 Å². The molecule has 0 radical (unpaired) electrons. The number of carbonyl (C=O) groups is 1. The molecule has 1 aliphatic rings. The molecule has 7 heteroatoms. The van der Waals surface area contributed by atoms with Gasteiger partial charge in [-0.05, 0) is 12.1 Å². The van der Waals surface area contributed by atoms with Crippen LogP contribution in [0.1, 0.15) is 30.5 Å². The molecule has 0 bridgehead atoms. The molecule has 2 aromatic rings. The summed E-state index contributed by atoms with van der Waals surface area (Å²) in [6.45, 7) is 7.83. The zero-order chi connectivity index (χ0) is 16.9. The Morgan fingerprint density at radius 2 is 2.12 bits per heavy atom. The lowest BCUT2D eigenvalue weighted by atomic mass is 10.2. The topological polar surface area (TPSA) is 61.4 Å². The highest BCUT2D eigenvalue weighted by molar-refractivity contribution is 7.09. The van der Waals surface area contributed by atoms with E-state index in [-0.39, 0.29) is 6.03 Å². The van der Waals surface area contributed by atoms with Gasteiger partial charge in [-0.1, -0.05) is 13.8 Å². The number of nitrogens with zero attached hydrogens (tertiary/aromatic N) is 4. The molecule has 0 spiro atoms. The van der Waals surface area contributed by atoms with Gasteiger partial charge in [0.2, 0.25) is 0 Å². The quantitative estimate of drug-likeness (QED) is 0.925. The van der Waals surface area contributed by atoms with Crippen LogP contribution in [0.15, 0.2) is 29.9 Å². The molecule has 0 saturated carbocycles. The second kappa shape index (κ2) is 7.61. The summed E-state index contributed by atoms with van der Waals surface area (Å²) in [5, 5.41) is 6.11. The molecule has 0 unspecified atom stereocenters. The molecule has 1 N–H and O–H groups in total. The highest BCUT2D eigenvalue weighted by Crippen LogP contribution is 2.19. The Labute approximate surface area is 146 Å². The van der Waals surface area contributed by atoms with E-state index in [1.807, 2.05) is 22.5 Å². The van der Waals surface area contributed by atoms with Crippen molar-refractivity contribution in [3.8, 4) is 0 Å². The minimum Gasteiger partial charge on any atom is -0.367 e. The average Bonchev–Trinajstić information content (AvgIpc) is 3.10. The second-order valence-corrected chi connectivity index (χ2v) is 7.07. The van der Waals surface area contributed by atoms with E-state index in [1.54, 1.807) is 17.5 Å². The fraction of sp³-hybridized carbons (Fsp3) is 0.471. The number of hydrogen-bond acceptors (Lipinski definition) is 5. The van der Waals surface area contributed by atoms with Crippen molar-refractivity contribution < 1.29 is 4.79 Å². The van der Waals surface area contributed by atoms with Crippen LogP contribution < -0.4 is 10.2 Å². The van der Waals surface area contributed by atoms with Gasteiger partial charge in [0.05, 0.1) is 29.1 Å². The summed E-state index contributed by atoms with van der Waals surface area (Å²) in [6.07, 6.45) is 3.64. The van der Waals surface area contributed by atoms with E-state index >= 15 is 0 Å². The monoisotopic (exact) mass is 345 g/mol. The molecule has 6 nitrogen and oxygen atoms in total. The first kappa shape index (κ1) is 16.7. The van der Waals surface area contributed by atoms with Gasteiger partial charge in [-0.3, -0.25) is 4.98 Å². The smallest absolute Gasteiger partial charge is 0.317 e. The van der Waals surface area contributed by atoms with Crippen LogP contribution in [0.4, 0.5) is 10.5 Å². The Morgan fingerprint density at radius 1 is 1.33 bits per heavy atom. The van der Waals surface area contributed by atoms with E-state index in [9.17, 15) is 4.79 Å². The SMILES string of the molecule is CC(C)c1nc(CNC(=O)N2CCN(c3cccnc3)CC2)cs1. The van der Waals surface area contributed by atoms with Gasteiger partial charge in [0, 0.05) is 43.7 Å². The van der Waals surface area contributed by atoms with Crippen molar-refractivity contribution in [2.45, 2.75) is 26.3 Å². The number of amides is 2. The molecule has 3 rings (SSSR count). The molecule has 1 saturated heterocycles. The molecule has 2 amide bonds. The summed E-state index contributed by atoms with van der Waals surface area (Å²) in [7, 11) is 0. The number of rotatable bonds is 4. The van der Waals surface area contributed by atoms with Crippen molar-refractivity contribution in [1.29, 1.82) is 0 Å². The van der Waals surface area contributed by atoms with E-state index in [0.29, 0.717) is 12.5 Å². The van der Waals surface area contributed by atoms with E-state index in [4.69, 9.17) is 0 Å². The lowest BCUT2D eigenvalue weighted by Gasteiger charge is -2.35. The van der Waals surface area contributed by atoms with Crippen LogP contribution in [0.5, 0.6) is 0 Å². The van der Waals surface area contributed by atoms with Gasteiger partial charge in [-0.2, -0.15) is 0 Å². The van der Waals surface area contributed by atoms with E-state index in [1.165, 1.54) is 0 Å². The van der Waals surface area contributed by atoms with Crippen molar-refractivity contribution in [3.05, 3.63) is 40.6 Å². The number of piperazine rings is 1. The number of nitrogens with one attached hydrogen (secondary N) is 1. The van der Waals surface area contributed by atoms with E-state index in [0.717, 1.165) is 42.6 Å². The summed E-state index contributed by atoms with van der Waals surface area (Å²) in [6, 6.07) is 3.98. The fourth-order valence-electron chi connectivity index (χ4n) is 2.66. The van der Waals surface area contributed by atoms with E-state index in [2.05, 4.69) is 40.1 Å². The summed E-state index contributed by atoms with van der Waals surface area (Å²) >= 11 is 1.65. The van der Waals surface area contributed by atoms with Crippen LogP contribution >= 0.6 is 11.3 Å². The van der Waals surface area contributed by atoms with Crippen LogP contribution in [0.3, 0.4) is 0 Å². The molecule has 128 valence electrons. The largest absolute Gasteiger partial charge is 0.367 e. The lowest BCUT2D eigenvalue weighted by molar-refractivity contribution is 0.194. The molecule has 0 aliphatic carbocycles. The number of aromatic nitrogens is 2. The van der Waals surface area contributed by atoms with Gasteiger partial charge in [0.15, 0.2) is 0 Å². The number of carbonyl (C=O) groups excluding carboxylic acids is 1. The third-order valence-electron chi connectivity index (χ3n) is 4.06. The highest BCUT2D eigenvalue weighted by Gasteiger charge is 2.21. The average molecular weight is 345 g/mol. The van der Waals surface area contributed by atoms with Crippen molar-refractivity contribution in [1.82, 2.24) is 20.2 Å². The van der Waals surface area contributed by atoms with Gasteiger partial charge in [-0.15, -0.1) is 11.3 Å². The van der Waals surface area contributed by atoms with Crippen molar-refractivity contribution >= 4 is 23.1 Å². The second-order valence-electron chi connectivity index (χ2n) is 6.18. The normalized spacial score (nSPS) is 15.0. The van der Waals surface area contributed by atoms with Crippen LogP contribution in [-0.4, -0.2) is 47.1 Å². The number of pyridine rings is 1. The number of anilines is 1. The summed E-state index contributed by atoms with van der Waals surface area (Å²) in [5.41, 5.74) is 2.05. The minimum absolute atomic E-state index is 0.0140. The Balaban J connectivity index is 1.46. The number of hydrogen-bond donors (Lipinski definition) is 1. The first-order valence-corrected chi connectivity index (χ1v) is 9.13. The molecule has 24 heavy (non-hydrogen) atoms. The predicted octanol–water partition coefficient (Wildman–Crippen LogP) is 2.69. The maximum Gasteiger partial charge on any atom is 0.317 e. The van der Waals surface area contributed by atoms with Crippen LogP contribution in [0.2, 0.25) is 0 Å². The molecule has 0 aromatic carbocycles. The van der Waals surface area contributed by atoms with Gasteiger partial charge < -0.3 is 15.1 Å². The first-order valence-electron chi connectivity index (χ1n) is 8.25. The van der Waals surface area contributed by atoms with Gasteiger partial charge in [0.1, 0.15) is 0 Å². The summed E-state index contributed by atoms with van der Waals surface area (Å²) in [5.74, 6) is 0.431. The predicted molar refractivity (Wildman–Crippen MR) is 96.5 cm³/mol. The van der Waals surface area contributed by atoms with Gasteiger partial charge in [-0.25, -0.2) is 9.78 Å². The molecule has 3 heterocycles.